The summed E-state index contributed by atoms with van der Waals surface area (Å²) >= 11 is 1.49. The van der Waals surface area contributed by atoms with Gasteiger partial charge in [-0.3, -0.25) is 4.79 Å². The van der Waals surface area contributed by atoms with Crippen molar-refractivity contribution in [1.82, 2.24) is 24.9 Å². The van der Waals surface area contributed by atoms with Crippen molar-refractivity contribution in [1.29, 1.82) is 0 Å². The summed E-state index contributed by atoms with van der Waals surface area (Å²) in [6, 6.07) is 0. The Labute approximate surface area is 153 Å². The molecule has 2 heterocycles. The van der Waals surface area contributed by atoms with Crippen LogP contribution in [0.4, 0.5) is 0 Å². The Balaban J connectivity index is 1.62. The van der Waals surface area contributed by atoms with Gasteiger partial charge in [-0.1, -0.05) is 43.9 Å². The maximum absolute atomic E-state index is 12.4. The van der Waals surface area contributed by atoms with Gasteiger partial charge in [0.25, 0.3) is 5.78 Å². The number of carbonyl (C=O) groups excluding carboxylic acids is 1. The van der Waals surface area contributed by atoms with Crippen molar-refractivity contribution in [3.05, 3.63) is 17.0 Å². The van der Waals surface area contributed by atoms with Gasteiger partial charge >= 0.3 is 0 Å². The Morgan fingerprint density at radius 1 is 1.24 bits per heavy atom. The Kier molecular flexibility index (Phi) is 5.93. The molecule has 2 aromatic heterocycles. The lowest BCUT2D eigenvalue weighted by atomic mass is 9.87. The fourth-order valence-electron chi connectivity index (χ4n) is 3.65. The molecule has 25 heavy (non-hydrogen) atoms. The van der Waals surface area contributed by atoms with Crippen LogP contribution in [0.15, 0.2) is 5.16 Å². The van der Waals surface area contributed by atoms with Gasteiger partial charge in [0.05, 0.1) is 6.42 Å². The van der Waals surface area contributed by atoms with Crippen LogP contribution >= 0.6 is 11.8 Å². The van der Waals surface area contributed by atoms with Gasteiger partial charge in [0.1, 0.15) is 0 Å². The number of carbonyl (C=O) groups is 1. The Hall–Kier alpha value is -1.63. The highest BCUT2D eigenvalue weighted by Gasteiger charge is 2.17. The lowest BCUT2D eigenvalue weighted by molar-refractivity contribution is -0.120. The molecule has 1 amide bonds. The molecular formula is C18H27N5OS. The summed E-state index contributed by atoms with van der Waals surface area (Å²) in [5.74, 6) is 1.45. The maximum Gasteiger partial charge on any atom is 0.253 e. The second-order valence-electron chi connectivity index (χ2n) is 6.89. The van der Waals surface area contributed by atoms with Crippen LogP contribution in [0.5, 0.6) is 0 Å². The van der Waals surface area contributed by atoms with Crippen LogP contribution < -0.4 is 5.32 Å². The molecule has 136 valence electrons. The fraction of sp³-hybridized carbons (Fsp3) is 0.667. The van der Waals surface area contributed by atoms with Gasteiger partial charge in [-0.05, 0) is 32.4 Å². The molecule has 1 aliphatic carbocycles. The number of amides is 1. The number of nitrogens with zero attached hydrogens (tertiary/aromatic N) is 4. The van der Waals surface area contributed by atoms with Gasteiger partial charge in [-0.2, -0.15) is 4.98 Å². The van der Waals surface area contributed by atoms with Gasteiger partial charge in [0, 0.05) is 23.5 Å². The van der Waals surface area contributed by atoms with Gasteiger partial charge < -0.3 is 5.32 Å². The monoisotopic (exact) mass is 361 g/mol. The molecule has 1 fully saturated rings. The maximum atomic E-state index is 12.4. The van der Waals surface area contributed by atoms with Crippen molar-refractivity contribution in [2.75, 3.05) is 12.8 Å². The first-order valence-corrected chi connectivity index (χ1v) is 10.3. The van der Waals surface area contributed by atoms with E-state index in [0.29, 0.717) is 17.4 Å². The van der Waals surface area contributed by atoms with Crippen molar-refractivity contribution in [2.45, 2.75) is 63.9 Å². The zero-order valence-electron chi connectivity index (χ0n) is 15.3. The summed E-state index contributed by atoms with van der Waals surface area (Å²) in [6.07, 6.45) is 10.1. The van der Waals surface area contributed by atoms with Crippen molar-refractivity contribution in [3.8, 4) is 0 Å². The minimum atomic E-state index is 0.0633. The smallest absolute Gasteiger partial charge is 0.253 e. The quantitative estimate of drug-likeness (QED) is 0.801. The summed E-state index contributed by atoms with van der Waals surface area (Å²) in [7, 11) is 0. The molecule has 0 saturated heterocycles. The largest absolute Gasteiger partial charge is 0.356 e. The van der Waals surface area contributed by atoms with Crippen LogP contribution in [0.2, 0.25) is 0 Å². The minimum absolute atomic E-state index is 0.0633. The number of thioether (sulfide) groups is 1. The third kappa shape index (κ3) is 4.32. The van der Waals surface area contributed by atoms with Crippen molar-refractivity contribution < 1.29 is 4.79 Å². The van der Waals surface area contributed by atoms with Gasteiger partial charge in [-0.25, -0.2) is 9.50 Å². The molecule has 0 aromatic carbocycles. The number of aromatic nitrogens is 4. The number of fused-ring (bicyclic) bond motifs is 1. The molecule has 1 aliphatic rings. The molecular weight excluding hydrogens is 334 g/mol. The molecule has 1 saturated carbocycles. The van der Waals surface area contributed by atoms with Crippen LogP contribution in [0.3, 0.4) is 0 Å². The van der Waals surface area contributed by atoms with Crippen LogP contribution in [-0.2, 0) is 11.2 Å². The Morgan fingerprint density at radius 3 is 2.72 bits per heavy atom. The number of aryl methyl sites for hydroxylation is 2. The highest BCUT2D eigenvalue weighted by molar-refractivity contribution is 7.98. The predicted octanol–water partition coefficient (Wildman–Crippen LogP) is 3.09. The average molecular weight is 362 g/mol. The third-order valence-electron chi connectivity index (χ3n) is 5.15. The van der Waals surface area contributed by atoms with E-state index in [9.17, 15) is 4.79 Å². The second kappa shape index (κ2) is 8.17. The summed E-state index contributed by atoms with van der Waals surface area (Å²) in [6.45, 7) is 4.69. The van der Waals surface area contributed by atoms with Gasteiger partial charge in [0.2, 0.25) is 11.1 Å². The van der Waals surface area contributed by atoms with E-state index in [0.717, 1.165) is 35.8 Å². The molecule has 0 radical (unpaired) electrons. The second-order valence-corrected chi connectivity index (χ2v) is 7.66. The number of nitrogens with one attached hydrogen (secondary N) is 1. The van der Waals surface area contributed by atoms with E-state index < -0.39 is 0 Å². The number of hydrogen-bond acceptors (Lipinski definition) is 5. The van der Waals surface area contributed by atoms with E-state index in [1.807, 2.05) is 20.1 Å². The van der Waals surface area contributed by atoms with E-state index in [-0.39, 0.29) is 5.91 Å². The summed E-state index contributed by atoms with van der Waals surface area (Å²) in [4.78, 5) is 21.3. The Bertz CT molecular complexity index is 751. The van der Waals surface area contributed by atoms with E-state index in [2.05, 4.69) is 20.4 Å². The molecule has 1 N–H and O–H groups in total. The molecule has 6 nitrogen and oxygen atoms in total. The molecule has 7 heteroatoms. The van der Waals surface area contributed by atoms with E-state index in [4.69, 9.17) is 0 Å². The highest BCUT2D eigenvalue weighted by Crippen LogP contribution is 2.25. The highest BCUT2D eigenvalue weighted by atomic mass is 32.2. The normalized spacial score (nSPS) is 15.6. The van der Waals surface area contributed by atoms with E-state index >= 15 is 0 Å². The summed E-state index contributed by atoms with van der Waals surface area (Å²) in [5.41, 5.74) is 2.74. The van der Waals surface area contributed by atoms with Gasteiger partial charge in [-0.15, -0.1) is 5.10 Å². The lowest BCUT2D eigenvalue weighted by Gasteiger charge is -2.21. The zero-order chi connectivity index (χ0) is 17.8. The topological polar surface area (TPSA) is 72.2 Å². The summed E-state index contributed by atoms with van der Waals surface area (Å²) < 4.78 is 1.74. The van der Waals surface area contributed by atoms with Crippen molar-refractivity contribution >= 4 is 23.4 Å². The molecule has 0 atom stereocenters. The number of hydrogen-bond donors (Lipinski definition) is 1. The van der Waals surface area contributed by atoms with Crippen LogP contribution in [0, 0.1) is 19.8 Å². The van der Waals surface area contributed by atoms with Gasteiger partial charge in [0.15, 0.2) is 0 Å². The van der Waals surface area contributed by atoms with Crippen molar-refractivity contribution in [3.63, 3.8) is 0 Å². The summed E-state index contributed by atoms with van der Waals surface area (Å²) in [5, 5.41) is 8.22. The van der Waals surface area contributed by atoms with E-state index in [1.54, 1.807) is 4.52 Å². The first-order chi connectivity index (χ1) is 12.1. The Morgan fingerprint density at radius 2 is 2.00 bits per heavy atom. The zero-order valence-corrected chi connectivity index (χ0v) is 16.2. The molecule has 0 unspecified atom stereocenters. The van der Waals surface area contributed by atoms with Crippen LogP contribution in [-0.4, -0.2) is 38.3 Å². The predicted molar refractivity (Wildman–Crippen MR) is 99.9 cm³/mol. The SMILES string of the molecule is CSc1nc2nc(C)c(CC(=O)NCCC3CCCCC3)c(C)n2n1. The molecule has 0 spiro atoms. The minimum Gasteiger partial charge on any atom is -0.356 e. The first kappa shape index (κ1) is 18.2. The molecule has 2 aromatic rings. The lowest BCUT2D eigenvalue weighted by Crippen LogP contribution is -2.28. The number of rotatable bonds is 6. The fourth-order valence-corrected chi connectivity index (χ4v) is 3.98. The van der Waals surface area contributed by atoms with Crippen molar-refractivity contribution in [2.24, 2.45) is 5.92 Å². The van der Waals surface area contributed by atoms with Crippen LogP contribution in [0.25, 0.3) is 5.78 Å². The first-order valence-electron chi connectivity index (χ1n) is 9.12. The van der Waals surface area contributed by atoms with E-state index in [1.165, 1.54) is 43.9 Å². The van der Waals surface area contributed by atoms with Crippen LogP contribution in [0.1, 0.15) is 55.5 Å². The molecule has 0 bridgehead atoms. The molecule has 0 aliphatic heterocycles. The molecule has 3 rings (SSSR count). The average Bonchev–Trinajstić information content (AvgIpc) is 3.03. The third-order valence-corrected chi connectivity index (χ3v) is 5.69. The standard InChI is InChI=1S/C18H27N5OS/c1-12-15(13(2)23-17(20-12)21-18(22-23)25-3)11-16(24)19-10-9-14-7-5-4-6-8-14/h14H,4-11H2,1-3H3,(H,19,24).